The van der Waals surface area contributed by atoms with Crippen molar-refractivity contribution in [3.8, 4) is 11.4 Å². The molecule has 140 valence electrons. The second-order valence-electron chi connectivity index (χ2n) is 6.22. The lowest BCUT2D eigenvalue weighted by molar-refractivity contribution is -0.116. The first-order valence-electron chi connectivity index (χ1n) is 8.53. The predicted octanol–water partition coefficient (Wildman–Crippen LogP) is 3.81. The van der Waals surface area contributed by atoms with Gasteiger partial charge in [0.05, 0.1) is 11.9 Å². The fraction of sp³-hybridized carbons (Fsp3) is 0.263. The number of carbonyl (C=O) groups is 1. The van der Waals surface area contributed by atoms with Gasteiger partial charge in [-0.3, -0.25) is 4.79 Å². The minimum absolute atomic E-state index is 0.0770. The Hall–Kier alpha value is -2.93. The van der Waals surface area contributed by atoms with Gasteiger partial charge in [-0.1, -0.05) is 16.8 Å². The van der Waals surface area contributed by atoms with Gasteiger partial charge in [-0.15, -0.1) is 0 Å². The number of aromatic nitrogens is 3. The normalized spacial score (nSPS) is 10.6. The average Bonchev–Trinajstić information content (AvgIpc) is 3.11. The van der Waals surface area contributed by atoms with E-state index >= 15 is 0 Å². The molecule has 0 fully saturated rings. The van der Waals surface area contributed by atoms with Gasteiger partial charge in [0.2, 0.25) is 17.6 Å². The highest BCUT2D eigenvalue weighted by Crippen LogP contribution is 2.19. The van der Waals surface area contributed by atoms with Gasteiger partial charge in [0.15, 0.2) is 0 Å². The topological polar surface area (TPSA) is 84.2 Å². The number of aryl methyl sites for hydroxylation is 1. The lowest BCUT2D eigenvalue weighted by Gasteiger charge is -2.11. The summed E-state index contributed by atoms with van der Waals surface area (Å²) in [6.45, 7) is 0. The van der Waals surface area contributed by atoms with Crippen molar-refractivity contribution in [2.24, 2.45) is 0 Å². The highest BCUT2D eigenvalue weighted by atomic mass is 35.5. The molecule has 0 radical (unpaired) electrons. The molecule has 2 heterocycles. The smallest absolute Gasteiger partial charge is 0.226 e. The molecule has 3 aromatic rings. The minimum atomic E-state index is -0.0770. The number of amides is 1. The zero-order valence-electron chi connectivity index (χ0n) is 15.1. The number of pyridine rings is 1. The Morgan fingerprint density at radius 2 is 1.96 bits per heavy atom. The second-order valence-corrected chi connectivity index (χ2v) is 6.66. The van der Waals surface area contributed by atoms with E-state index in [1.807, 2.05) is 43.3 Å². The standard InChI is InChI=1S/C19H20ClN5O2/c1-25(2)16-11-10-15(12-21-16)22-17(26)4-3-5-18-23-19(24-27-18)13-6-8-14(20)9-7-13/h6-12H,3-5H2,1-2H3,(H,22,26). The van der Waals surface area contributed by atoms with E-state index in [0.717, 1.165) is 11.4 Å². The average molecular weight is 386 g/mol. The molecule has 0 spiro atoms. The number of halogens is 1. The Bertz CT molecular complexity index is 891. The monoisotopic (exact) mass is 385 g/mol. The number of anilines is 2. The van der Waals surface area contributed by atoms with Gasteiger partial charge in [-0.25, -0.2) is 4.98 Å². The van der Waals surface area contributed by atoms with Crippen LogP contribution in [0, 0.1) is 0 Å². The number of carbonyl (C=O) groups excluding carboxylic acids is 1. The van der Waals surface area contributed by atoms with Crippen molar-refractivity contribution >= 4 is 29.0 Å². The maximum absolute atomic E-state index is 12.1. The summed E-state index contributed by atoms with van der Waals surface area (Å²) in [5.41, 5.74) is 1.51. The summed E-state index contributed by atoms with van der Waals surface area (Å²) in [6, 6.07) is 10.9. The zero-order valence-corrected chi connectivity index (χ0v) is 15.9. The maximum Gasteiger partial charge on any atom is 0.226 e. The summed E-state index contributed by atoms with van der Waals surface area (Å²) in [5, 5.41) is 7.45. The van der Waals surface area contributed by atoms with Crippen molar-refractivity contribution in [2.75, 3.05) is 24.3 Å². The van der Waals surface area contributed by atoms with Crippen molar-refractivity contribution in [1.82, 2.24) is 15.1 Å². The molecule has 1 N–H and O–H groups in total. The van der Waals surface area contributed by atoms with Crippen LogP contribution in [-0.2, 0) is 11.2 Å². The Kier molecular flexibility index (Phi) is 6.03. The molecule has 3 rings (SSSR count). The lowest BCUT2D eigenvalue weighted by Crippen LogP contribution is -2.13. The van der Waals surface area contributed by atoms with Crippen molar-refractivity contribution in [2.45, 2.75) is 19.3 Å². The van der Waals surface area contributed by atoms with Gasteiger partial charge in [0.25, 0.3) is 0 Å². The lowest BCUT2D eigenvalue weighted by atomic mass is 10.2. The van der Waals surface area contributed by atoms with E-state index in [1.165, 1.54) is 0 Å². The van der Waals surface area contributed by atoms with Crippen LogP contribution >= 0.6 is 11.6 Å². The molecule has 0 aliphatic rings. The van der Waals surface area contributed by atoms with Crippen LogP contribution in [0.4, 0.5) is 11.5 Å². The third-order valence-corrected chi connectivity index (χ3v) is 4.11. The zero-order chi connectivity index (χ0) is 19.2. The van der Waals surface area contributed by atoms with Crippen LogP contribution in [-0.4, -0.2) is 35.1 Å². The van der Waals surface area contributed by atoms with Crippen LogP contribution in [0.5, 0.6) is 0 Å². The molecule has 2 aromatic heterocycles. The first-order chi connectivity index (χ1) is 13.0. The molecule has 8 heteroatoms. The predicted molar refractivity (Wildman–Crippen MR) is 105 cm³/mol. The molecule has 0 atom stereocenters. The van der Waals surface area contributed by atoms with E-state index < -0.39 is 0 Å². The number of benzene rings is 1. The third kappa shape index (κ3) is 5.27. The van der Waals surface area contributed by atoms with E-state index in [1.54, 1.807) is 18.3 Å². The molecule has 27 heavy (non-hydrogen) atoms. The number of nitrogens with one attached hydrogen (secondary N) is 1. The molecule has 1 aromatic carbocycles. The highest BCUT2D eigenvalue weighted by Gasteiger charge is 2.10. The summed E-state index contributed by atoms with van der Waals surface area (Å²) in [6.07, 6.45) is 3.14. The van der Waals surface area contributed by atoms with Crippen molar-refractivity contribution in [3.05, 3.63) is 53.5 Å². The molecular weight excluding hydrogens is 366 g/mol. The van der Waals surface area contributed by atoms with Crippen molar-refractivity contribution in [3.63, 3.8) is 0 Å². The van der Waals surface area contributed by atoms with Gasteiger partial charge in [0, 0.05) is 37.5 Å². The minimum Gasteiger partial charge on any atom is -0.363 e. The van der Waals surface area contributed by atoms with Gasteiger partial charge < -0.3 is 14.7 Å². The molecule has 0 saturated heterocycles. The number of rotatable bonds is 7. The summed E-state index contributed by atoms with van der Waals surface area (Å²) in [7, 11) is 3.83. The second kappa shape index (κ2) is 8.64. The first kappa shape index (κ1) is 18.8. The Labute approximate surface area is 162 Å². The molecule has 0 saturated carbocycles. The molecule has 1 amide bonds. The summed E-state index contributed by atoms with van der Waals surface area (Å²) in [4.78, 5) is 22.6. The van der Waals surface area contributed by atoms with E-state index in [0.29, 0.717) is 41.7 Å². The van der Waals surface area contributed by atoms with Gasteiger partial charge in [0.1, 0.15) is 5.82 Å². The highest BCUT2D eigenvalue weighted by molar-refractivity contribution is 6.30. The van der Waals surface area contributed by atoms with E-state index in [4.69, 9.17) is 16.1 Å². The van der Waals surface area contributed by atoms with Crippen LogP contribution in [0.15, 0.2) is 47.1 Å². The van der Waals surface area contributed by atoms with Gasteiger partial charge >= 0.3 is 0 Å². The molecule has 0 bridgehead atoms. The summed E-state index contributed by atoms with van der Waals surface area (Å²) in [5.74, 6) is 1.77. The van der Waals surface area contributed by atoms with E-state index in [-0.39, 0.29) is 5.91 Å². The van der Waals surface area contributed by atoms with Gasteiger partial charge in [-0.2, -0.15) is 4.98 Å². The largest absolute Gasteiger partial charge is 0.363 e. The number of nitrogens with zero attached hydrogens (tertiary/aromatic N) is 4. The van der Waals surface area contributed by atoms with Crippen LogP contribution < -0.4 is 10.2 Å². The van der Waals surface area contributed by atoms with Crippen LogP contribution in [0.1, 0.15) is 18.7 Å². The van der Waals surface area contributed by atoms with E-state index in [2.05, 4.69) is 20.4 Å². The molecule has 0 aliphatic heterocycles. The van der Waals surface area contributed by atoms with Crippen molar-refractivity contribution in [1.29, 1.82) is 0 Å². The van der Waals surface area contributed by atoms with Crippen molar-refractivity contribution < 1.29 is 9.32 Å². The maximum atomic E-state index is 12.1. The Balaban J connectivity index is 1.47. The van der Waals surface area contributed by atoms with E-state index in [9.17, 15) is 4.79 Å². The van der Waals surface area contributed by atoms with Gasteiger partial charge in [-0.05, 0) is 42.8 Å². The van der Waals surface area contributed by atoms with Crippen LogP contribution in [0.2, 0.25) is 5.02 Å². The van der Waals surface area contributed by atoms with Crippen LogP contribution in [0.3, 0.4) is 0 Å². The summed E-state index contributed by atoms with van der Waals surface area (Å²) < 4.78 is 5.24. The molecule has 7 nitrogen and oxygen atoms in total. The molecule has 0 unspecified atom stereocenters. The SMILES string of the molecule is CN(C)c1ccc(NC(=O)CCCc2nc(-c3ccc(Cl)cc3)no2)cn1. The van der Waals surface area contributed by atoms with Crippen LogP contribution in [0.25, 0.3) is 11.4 Å². The first-order valence-corrected chi connectivity index (χ1v) is 8.91. The third-order valence-electron chi connectivity index (χ3n) is 3.85. The molecular formula is C19H20ClN5O2. The molecule has 0 aliphatic carbocycles. The quantitative estimate of drug-likeness (QED) is 0.665. The Morgan fingerprint density at radius 1 is 1.19 bits per heavy atom. The number of hydrogen-bond donors (Lipinski definition) is 1. The Morgan fingerprint density at radius 3 is 2.63 bits per heavy atom. The fourth-order valence-electron chi connectivity index (χ4n) is 2.42. The fourth-order valence-corrected chi connectivity index (χ4v) is 2.55. The number of hydrogen-bond acceptors (Lipinski definition) is 6. The summed E-state index contributed by atoms with van der Waals surface area (Å²) >= 11 is 5.87.